The minimum absolute atomic E-state index is 0.0752. The lowest BCUT2D eigenvalue weighted by Gasteiger charge is -2.29. The Labute approximate surface area is 236 Å². The number of nitrogens with zero attached hydrogens (tertiary/aromatic N) is 5. The summed E-state index contributed by atoms with van der Waals surface area (Å²) in [6, 6.07) is 7.30. The molecule has 41 heavy (non-hydrogen) atoms. The van der Waals surface area contributed by atoms with E-state index in [9.17, 15) is 23.1 Å². The minimum Gasteiger partial charge on any atom is -0.478 e. The molecule has 0 amide bonds. The summed E-state index contributed by atoms with van der Waals surface area (Å²) >= 11 is 1.34. The summed E-state index contributed by atoms with van der Waals surface area (Å²) in [4.78, 5) is 26.7. The van der Waals surface area contributed by atoms with Crippen molar-refractivity contribution in [3.05, 3.63) is 76.3 Å². The fraction of sp³-hybridized carbons (Fsp3) is 0.357. The lowest BCUT2D eigenvalue weighted by molar-refractivity contribution is -0.141. The van der Waals surface area contributed by atoms with E-state index in [1.54, 1.807) is 18.2 Å². The molecule has 4 aromatic rings. The van der Waals surface area contributed by atoms with Gasteiger partial charge in [0.05, 0.1) is 41.5 Å². The molecular weight excluding hydrogens is 559 g/mol. The monoisotopic (exact) mass is 585 g/mol. The lowest BCUT2D eigenvalue weighted by Crippen LogP contribution is -2.33. The van der Waals surface area contributed by atoms with Gasteiger partial charge in [-0.1, -0.05) is 23.5 Å². The zero-order valence-corrected chi connectivity index (χ0v) is 22.6. The van der Waals surface area contributed by atoms with Gasteiger partial charge in [0.1, 0.15) is 18.1 Å². The smallest absolute Gasteiger partial charge is 0.433 e. The number of carboxylic acids is 1. The number of carboxylic acid groups (broad SMARTS) is 1. The Morgan fingerprint density at radius 2 is 2.07 bits per heavy atom. The number of thiazole rings is 1. The summed E-state index contributed by atoms with van der Waals surface area (Å²) in [5, 5.41) is 11.8. The number of halogens is 3. The molecule has 1 aromatic carbocycles. The summed E-state index contributed by atoms with van der Waals surface area (Å²) in [6.07, 6.45) is 0.665. The van der Waals surface area contributed by atoms with Gasteiger partial charge < -0.3 is 19.1 Å². The van der Waals surface area contributed by atoms with Crippen LogP contribution in [-0.4, -0.2) is 61.3 Å². The van der Waals surface area contributed by atoms with E-state index in [0.717, 1.165) is 66.4 Å². The van der Waals surface area contributed by atoms with Crippen molar-refractivity contribution in [1.82, 2.24) is 24.4 Å². The fourth-order valence-corrected chi connectivity index (χ4v) is 5.54. The van der Waals surface area contributed by atoms with Crippen LogP contribution in [0.2, 0.25) is 0 Å². The number of ether oxygens (including phenoxy) is 2. The second-order valence-corrected chi connectivity index (χ2v) is 10.8. The summed E-state index contributed by atoms with van der Waals surface area (Å²) in [5.74, 6) is -0.0982. The first-order valence-corrected chi connectivity index (χ1v) is 14.0. The Hall–Kier alpha value is -3.81. The van der Waals surface area contributed by atoms with Gasteiger partial charge in [0.15, 0.2) is 0 Å². The van der Waals surface area contributed by atoms with Crippen LogP contribution in [0.4, 0.5) is 13.2 Å². The number of hydrogen-bond acceptors (Lipinski definition) is 8. The number of hydrogen-bond donors (Lipinski definition) is 1. The molecule has 9 nitrogen and oxygen atoms in total. The van der Waals surface area contributed by atoms with E-state index >= 15 is 0 Å². The third-order valence-corrected chi connectivity index (χ3v) is 7.95. The van der Waals surface area contributed by atoms with Gasteiger partial charge in [-0.15, -0.1) is 0 Å². The van der Waals surface area contributed by atoms with Gasteiger partial charge in [-0.2, -0.15) is 13.2 Å². The fourth-order valence-electron chi connectivity index (χ4n) is 4.84. The average Bonchev–Trinajstić information content (AvgIpc) is 3.54. The Bertz CT molecular complexity index is 1590. The minimum atomic E-state index is -4.47. The van der Waals surface area contributed by atoms with Crippen LogP contribution in [0.25, 0.3) is 16.6 Å². The molecule has 1 atom stereocenters. The van der Waals surface area contributed by atoms with E-state index in [4.69, 9.17) is 14.5 Å². The highest BCUT2D eigenvalue weighted by atomic mass is 32.1. The molecule has 0 saturated carbocycles. The normalized spacial score (nSPS) is 17.8. The van der Waals surface area contributed by atoms with Crippen LogP contribution in [0, 0.1) is 0 Å². The molecule has 0 spiro atoms. The Kier molecular flexibility index (Phi) is 7.49. The van der Waals surface area contributed by atoms with Gasteiger partial charge in [-0.3, -0.25) is 9.88 Å². The SMILES string of the molecule is O=C(O)c1ccc2nc(CN3CC=C(c4csc(OCc5ccc(C(F)(F)F)nc5)n4)CC3)n(C[C@@H]3CCO3)c2c1. The van der Waals surface area contributed by atoms with E-state index < -0.39 is 17.8 Å². The molecule has 0 aliphatic carbocycles. The predicted octanol–water partition coefficient (Wildman–Crippen LogP) is 5.26. The van der Waals surface area contributed by atoms with Crippen LogP contribution in [0.5, 0.6) is 5.19 Å². The van der Waals surface area contributed by atoms with E-state index in [2.05, 4.69) is 25.5 Å². The molecule has 2 aliphatic heterocycles. The van der Waals surface area contributed by atoms with Crippen LogP contribution in [0.1, 0.15) is 46.0 Å². The highest BCUT2D eigenvalue weighted by molar-refractivity contribution is 7.11. The highest BCUT2D eigenvalue weighted by Gasteiger charge is 2.32. The molecule has 214 valence electrons. The van der Waals surface area contributed by atoms with E-state index in [1.807, 2.05) is 5.38 Å². The molecule has 13 heteroatoms. The maximum absolute atomic E-state index is 12.7. The number of rotatable bonds is 9. The molecule has 1 saturated heterocycles. The first kappa shape index (κ1) is 27.4. The number of benzene rings is 1. The van der Waals surface area contributed by atoms with Crippen molar-refractivity contribution >= 4 is 33.9 Å². The van der Waals surface area contributed by atoms with Gasteiger partial charge in [-0.05, 0) is 42.7 Å². The molecule has 0 radical (unpaired) electrons. The average molecular weight is 586 g/mol. The maximum Gasteiger partial charge on any atom is 0.433 e. The predicted molar refractivity (Wildman–Crippen MR) is 145 cm³/mol. The third kappa shape index (κ3) is 6.11. The van der Waals surface area contributed by atoms with Crippen LogP contribution in [0.3, 0.4) is 0 Å². The molecule has 3 aromatic heterocycles. The van der Waals surface area contributed by atoms with Crippen molar-refractivity contribution in [2.45, 2.75) is 44.8 Å². The largest absolute Gasteiger partial charge is 0.478 e. The van der Waals surface area contributed by atoms with Crippen molar-refractivity contribution in [3.63, 3.8) is 0 Å². The first-order chi connectivity index (χ1) is 19.7. The van der Waals surface area contributed by atoms with Crippen molar-refractivity contribution in [2.75, 3.05) is 19.7 Å². The van der Waals surface area contributed by atoms with Gasteiger partial charge >= 0.3 is 12.1 Å². The molecule has 1 fully saturated rings. The van der Waals surface area contributed by atoms with Gasteiger partial charge in [-0.25, -0.2) is 14.8 Å². The van der Waals surface area contributed by atoms with E-state index in [1.165, 1.54) is 17.4 Å². The first-order valence-electron chi connectivity index (χ1n) is 13.1. The Morgan fingerprint density at radius 1 is 1.22 bits per heavy atom. The summed E-state index contributed by atoms with van der Waals surface area (Å²) in [7, 11) is 0. The van der Waals surface area contributed by atoms with Crippen molar-refractivity contribution < 1.29 is 32.5 Å². The second-order valence-electron chi connectivity index (χ2n) is 9.98. The van der Waals surface area contributed by atoms with Crippen LogP contribution < -0.4 is 4.74 Å². The molecule has 5 heterocycles. The number of aromatic nitrogens is 4. The molecule has 0 bridgehead atoms. The van der Waals surface area contributed by atoms with Crippen molar-refractivity contribution in [2.24, 2.45) is 0 Å². The standard InChI is InChI=1S/C28H26F3N5O4S/c29-28(30,31)24-4-1-17(12-32-24)15-40-27-34-22(16-41-27)18-5-8-35(9-6-18)14-25-33-21-3-2-19(26(37)38)11-23(21)36(25)13-20-7-10-39-20/h1-5,11-12,16,20H,6-10,13-15H2,(H,37,38)/t20-/m0/s1. The molecule has 2 aliphatic rings. The quantitative estimate of drug-likeness (QED) is 0.284. The van der Waals surface area contributed by atoms with Gasteiger partial charge in [0.25, 0.3) is 5.19 Å². The van der Waals surface area contributed by atoms with Crippen LogP contribution in [-0.2, 0) is 30.6 Å². The zero-order valence-electron chi connectivity index (χ0n) is 21.8. The molecule has 1 N–H and O–H groups in total. The van der Waals surface area contributed by atoms with Gasteiger partial charge in [0.2, 0.25) is 0 Å². The van der Waals surface area contributed by atoms with Crippen molar-refractivity contribution in [1.29, 1.82) is 0 Å². The molecule has 0 unspecified atom stereocenters. The van der Waals surface area contributed by atoms with Gasteiger partial charge in [0, 0.05) is 36.8 Å². The number of pyridine rings is 1. The van der Waals surface area contributed by atoms with E-state index in [-0.39, 0.29) is 18.3 Å². The second kappa shape index (κ2) is 11.2. The number of alkyl halides is 3. The summed E-state index contributed by atoms with van der Waals surface area (Å²) in [5.41, 5.74) is 3.31. The number of carbonyl (C=O) groups is 1. The number of aromatic carboxylic acids is 1. The highest BCUT2D eigenvalue weighted by Crippen LogP contribution is 2.30. The number of fused-ring (bicyclic) bond motifs is 1. The topological polar surface area (TPSA) is 103 Å². The van der Waals surface area contributed by atoms with Crippen LogP contribution >= 0.6 is 11.3 Å². The van der Waals surface area contributed by atoms with Crippen molar-refractivity contribution in [3.8, 4) is 5.19 Å². The third-order valence-electron chi connectivity index (χ3n) is 7.20. The zero-order chi connectivity index (χ0) is 28.6. The van der Waals surface area contributed by atoms with Crippen LogP contribution in [0.15, 0.2) is 48.0 Å². The molecule has 6 rings (SSSR count). The lowest BCUT2D eigenvalue weighted by atomic mass is 10.1. The summed E-state index contributed by atoms with van der Waals surface area (Å²) < 4.78 is 51.5. The maximum atomic E-state index is 12.7. The summed E-state index contributed by atoms with van der Waals surface area (Å²) in [6.45, 7) is 3.55. The number of imidazole rings is 1. The Morgan fingerprint density at radius 3 is 2.73 bits per heavy atom. The molecular formula is C28H26F3N5O4S. The Balaban J connectivity index is 1.10. The van der Waals surface area contributed by atoms with E-state index in [0.29, 0.717) is 30.4 Å².